The van der Waals surface area contributed by atoms with E-state index in [-0.39, 0.29) is 16.9 Å². The molecule has 0 radical (unpaired) electrons. The summed E-state index contributed by atoms with van der Waals surface area (Å²) in [6.07, 6.45) is 4.65. The zero-order valence-corrected chi connectivity index (χ0v) is 13.8. The fraction of sp³-hybridized carbons (Fsp3) is 0.647. The summed E-state index contributed by atoms with van der Waals surface area (Å²) in [5, 5.41) is 3.73. The highest BCUT2D eigenvalue weighted by Crippen LogP contribution is 2.36. The maximum atomic E-state index is 14.5. The topological polar surface area (TPSA) is 15.3 Å². The summed E-state index contributed by atoms with van der Waals surface area (Å²) in [4.78, 5) is 2.29. The van der Waals surface area contributed by atoms with E-state index in [9.17, 15) is 4.39 Å². The minimum absolute atomic E-state index is 0.107. The summed E-state index contributed by atoms with van der Waals surface area (Å²) in [5.41, 5.74) is 0.746. The van der Waals surface area contributed by atoms with Gasteiger partial charge in [-0.1, -0.05) is 37.1 Å². The van der Waals surface area contributed by atoms with Crippen molar-refractivity contribution in [3.63, 3.8) is 0 Å². The van der Waals surface area contributed by atoms with Gasteiger partial charge in [0.05, 0.1) is 5.02 Å². The predicted molar refractivity (Wildman–Crippen MR) is 87.3 cm³/mol. The summed E-state index contributed by atoms with van der Waals surface area (Å²) >= 11 is 5.99. The second-order valence-electron chi connectivity index (χ2n) is 6.03. The van der Waals surface area contributed by atoms with Gasteiger partial charge in [-0.2, -0.15) is 0 Å². The van der Waals surface area contributed by atoms with Gasteiger partial charge in [0.1, 0.15) is 5.82 Å². The van der Waals surface area contributed by atoms with Gasteiger partial charge in [-0.3, -0.25) is 4.90 Å². The minimum atomic E-state index is -0.251. The van der Waals surface area contributed by atoms with Gasteiger partial charge in [-0.25, -0.2) is 4.39 Å². The standard InChI is InChI=1S/C17H26ClFN2/c1-3-10-20-12-13-7-4-5-11-21(2)17(13)14-8-6-9-15(18)16(14)19/h6,8-9,13,17,20H,3-5,7,10-12H2,1-2H3. The molecule has 1 fully saturated rings. The van der Waals surface area contributed by atoms with E-state index in [1.54, 1.807) is 6.07 Å². The Kier molecular flexibility index (Phi) is 6.46. The highest BCUT2D eigenvalue weighted by atomic mass is 35.5. The fourth-order valence-corrected chi connectivity index (χ4v) is 3.52. The number of hydrogen-bond acceptors (Lipinski definition) is 2. The Balaban J connectivity index is 2.25. The van der Waals surface area contributed by atoms with Crippen LogP contribution < -0.4 is 5.32 Å². The van der Waals surface area contributed by atoms with Gasteiger partial charge in [-0.15, -0.1) is 0 Å². The zero-order chi connectivity index (χ0) is 15.2. The zero-order valence-electron chi connectivity index (χ0n) is 13.0. The molecule has 0 aliphatic carbocycles. The minimum Gasteiger partial charge on any atom is -0.316 e. The lowest BCUT2D eigenvalue weighted by atomic mass is 9.89. The molecule has 2 atom stereocenters. The van der Waals surface area contributed by atoms with E-state index in [4.69, 9.17) is 11.6 Å². The van der Waals surface area contributed by atoms with Crippen LogP contribution in [0, 0.1) is 11.7 Å². The molecule has 1 heterocycles. The quantitative estimate of drug-likeness (QED) is 0.818. The summed E-state index contributed by atoms with van der Waals surface area (Å²) in [6.45, 7) is 5.14. The highest BCUT2D eigenvalue weighted by Gasteiger charge is 2.31. The number of hydrogen-bond donors (Lipinski definition) is 1. The van der Waals surface area contributed by atoms with Crippen molar-refractivity contribution in [1.29, 1.82) is 0 Å². The molecule has 0 bridgehead atoms. The molecule has 2 nitrogen and oxygen atoms in total. The van der Waals surface area contributed by atoms with Crippen LogP contribution in [0.5, 0.6) is 0 Å². The maximum Gasteiger partial charge on any atom is 0.146 e. The molecule has 1 saturated heterocycles. The van der Waals surface area contributed by atoms with E-state index in [0.717, 1.165) is 38.0 Å². The van der Waals surface area contributed by atoms with E-state index >= 15 is 0 Å². The lowest BCUT2D eigenvalue weighted by Crippen LogP contribution is -2.35. The molecule has 118 valence electrons. The molecule has 0 aromatic heterocycles. The third kappa shape index (κ3) is 4.18. The van der Waals surface area contributed by atoms with Gasteiger partial charge in [0, 0.05) is 11.6 Å². The predicted octanol–water partition coefficient (Wildman–Crippen LogP) is 4.25. The molecule has 1 aliphatic heterocycles. The summed E-state index contributed by atoms with van der Waals surface area (Å²) in [7, 11) is 2.10. The van der Waals surface area contributed by atoms with Gasteiger partial charge in [0.2, 0.25) is 0 Å². The number of benzene rings is 1. The van der Waals surface area contributed by atoms with E-state index < -0.39 is 0 Å². The van der Waals surface area contributed by atoms with E-state index in [2.05, 4.69) is 24.2 Å². The highest BCUT2D eigenvalue weighted by molar-refractivity contribution is 6.30. The van der Waals surface area contributed by atoms with Crippen molar-refractivity contribution >= 4 is 11.6 Å². The maximum absolute atomic E-state index is 14.5. The third-order valence-electron chi connectivity index (χ3n) is 4.39. The van der Waals surface area contributed by atoms with Crippen LogP contribution in [0.15, 0.2) is 18.2 Å². The molecular weight excluding hydrogens is 287 g/mol. The van der Waals surface area contributed by atoms with Crippen LogP contribution in [0.4, 0.5) is 4.39 Å². The Morgan fingerprint density at radius 3 is 2.95 bits per heavy atom. The molecule has 1 aromatic carbocycles. The van der Waals surface area contributed by atoms with Gasteiger partial charge in [0.25, 0.3) is 0 Å². The first-order valence-corrected chi connectivity index (χ1v) is 8.37. The van der Waals surface area contributed by atoms with Crippen molar-refractivity contribution in [3.8, 4) is 0 Å². The van der Waals surface area contributed by atoms with Crippen LogP contribution in [-0.4, -0.2) is 31.6 Å². The fourth-order valence-electron chi connectivity index (χ4n) is 3.34. The van der Waals surface area contributed by atoms with Gasteiger partial charge in [0.15, 0.2) is 0 Å². The monoisotopic (exact) mass is 312 g/mol. The third-order valence-corrected chi connectivity index (χ3v) is 4.68. The Bertz CT molecular complexity index is 452. The molecule has 1 N–H and O–H groups in total. The average molecular weight is 313 g/mol. The van der Waals surface area contributed by atoms with Crippen molar-refractivity contribution in [2.45, 2.75) is 38.6 Å². The van der Waals surface area contributed by atoms with Crippen molar-refractivity contribution in [2.24, 2.45) is 5.92 Å². The molecule has 0 amide bonds. The number of halogens is 2. The smallest absolute Gasteiger partial charge is 0.146 e. The van der Waals surface area contributed by atoms with Gasteiger partial charge >= 0.3 is 0 Å². The first-order chi connectivity index (χ1) is 10.1. The molecule has 1 aromatic rings. The van der Waals surface area contributed by atoms with Crippen LogP contribution in [0.2, 0.25) is 5.02 Å². The van der Waals surface area contributed by atoms with Crippen LogP contribution in [0.1, 0.15) is 44.2 Å². The van der Waals surface area contributed by atoms with Gasteiger partial charge < -0.3 is 5.32 Å². The van der Waals surface area contributed by atoms with Crippen molar-refractivity contribution < 1.29 is 4.39 Å². The second-order valence-corrected chi connectivity index (χ2v) is 6.44. The molecule has 0 spiro atoms. The average Bonchev–Trinajstić information content (AvgIpc) is 2.64. The van der Waals surface area contributed by atoms with E-state index in [1.807, 2.05) is 12.1 Å². The number of rotatable bonds is 5. The molecule has 21 heavy (non-hydrogen) atoms. The molecular formula is C17H26ClFN2. The SMILES string of the molecule is CCCNCC1CCCCN(C)C1c1cccc(Cl)c1F. The van der Waals surface area contributed by atoms with E-state index in [0.29, 0.717) is 5.92 Å². The Labute approximate surface area is 132 Å². The first kappa shape index (κ1) is 16.7. The van der Waals surface area contributed by atoms with Crippen molar-refractivity contribution in [3.05, 3.63) is 34.6 Å². The number of likely N-dealkylation sites (tertiary alicyclic amines) is 1. The summed E-state index contributed by atoms with van der Waals surface area (Å²) in [5.74, 6) is 0.176. The van der Waals surface area contributed by atoms with Crippen LogP contribution in [0.25, 0.3) is 0 Å². The molecule has 0 saturated carbocycles. The summed E-state index contributed by atoms with van der Waals surface area (Å²) < 4.78 is 14.5. The Hall–Kier alpha value is -0.640. The molecule has 2 rings (SSSR count). The van der Waals surface area contributed by atoms with Crippen molar-refractivity contribution in [2.75, 3.05) is 26.7 Å². The Morgan fingerprint density at radius 1 is 1.38 bits per heavy atom. The number of nitrogens with one attached hydrogen (secondary N) is 1. The van der Waals surface area contributed by atoms with Crippen LogP contribution in [-0.2, 0) is 0 Å². The molecule has 4 heteroatoms. The summed E-state index contributed by atoms with van der Waals surface area (Å²) in [6, 6.07) is 5.48. The normalized spacial score (nSPS) is 24.0. The largest absolute Gasteiger partial charge is 0.316 e. The van der Waals surface area contributed by atoms with Gasteiger partial charge in [-0.05, 0) is 57.9 Å². The first-order valence-electron chi connectivity index (χ1n) is 8.00. The molecule has 1 aliphatic rings. The van der Waals surface area contributed by atoms with E-state index in [1.165, 1.54) is 12.8 Å². The van der Waals surface area contributed by atoms with Crippen molar-refractivity contribution in [1.82, 2.24) is 10.2 Å². The number of nitrogens with zero attached hydrogens (tertiary/aromatic N) is 1. The lowest BCUT2D eigenvalue weighted by Gasteiger charge is -2.33. The lowest BCUT2D eigenvalue weighted by molar-refractivity contribution is 0.185. The second kappa shape index (κ2) is 8.11. The van der Waals surface area contributed by atoms with Crippen LogP contribution in [0.3, 0.4) is 0 Å². The molecule has 2 unspecified atom stereocenters. The Morgan fingerprint density at radius 2 is 2.19 bits per heavy atom. The van der Waals surface area contributed by atoms with Crippen LogP contribution >= 0.6 is 11.6 Å².